The fraction of sp³-hybridized carbons (Fsp3) is 0.370. The molecule has 2 aromatic heterocycles. The summed E-state index contributed by atoms with van der Waals surface area (Å²) in [6.07, 6.45) is 7.76. The Morgan fingerprint density at radius 1 is 1.03 bits per heavy atom. The number of ether oxygens (including phenoxy) is 1. The van der Waals surface area contributed by atoms with Gasteiger partial charge in [-0.25, -0.2) is 15.0 Å². The molecule has 3 aromatic rings. The van der Waals surface area contributed by atoms with Gasteiger partial charge in [0.1, 0.15) is 0 Å². The third-order valence-electron chi connectivity index (χ3n) is 5.94. The maximum absolute atomic E-state index is 5.16. The average molecular weight is 427 g/mol. The number of methoxy groups -OCH3 is 1. The Bertz CT molecular complexity index is 1060. The Morgan fingerprint density at radius 2 is 1.84 bits per heavy atom. The van der Waals surface area contributed by atoms with Crippen molar-refractivity contribution in [1.29, 1.82) is 0 Å². The molecule has 0 bridgehead atoms. The van der Waals surface area contributed by atoms with Gasteiger partial charge in [-0.05, 0) is 43.5 Å². The van der Waals surface area contributed by atoms with E-state index in [9.17, 15) is 0 Å². The molecule has 5 nitrogen and oxygen atoms in total. The van der Waals surface area contributed by atoms with Crippen molar-refractivity contribution in [3.05, 3.63) is 71.7 Å². The third-order valence-corrected chi connectivity index (χ3v) is 5.94. The van der Waals surface area contributed by atoms with Gasteiger partial charge in [0.2, 0.25) is 5.88 Å². The first-order chi connectivity index (χ1) is 15.7. The van der Waals surface area contributed by atoms with E-state index in [4.69, 9.17) is 9.72 Å². The van der Waals surface area contributed by atoms with Crippen LogP contribution in [0.2, 0.25) is 0 Å². The van der Waals surface area contributed by atoms with Crippen LogP contribution in [0.5, 0.6) is 5.88 Å². The minimum Gasteiger partial charge on any atom is -0.481 e. The molecule has 1 saturated heterocycles. The van der Waals surface area contributed by atoms with Gasteiger partial charge in [0.15, 0.2) is 5.82 Å². The summed E-state index contributed by atoms with van der Waals surface area (Å²) in [4.78, 5) is 16.3. The largest absolute Gasteiger partial charge is 0.481 e. The number of hydrogen-bond acceptors (Lipinski definition) is 5. The Kier molecular flexibility index (Phi) is 7.47. The van der Waals surface area contributed by atoms with E-state index in [1.54, 1.807) is 13.3 Å². The van der Waals surface area contributed by atoms with E-state index >= 15 is 0 Å². The van der Waals surface area contributed by atoms with Crippen molar-refractivity contribution in [3.8, 4) is 29.1 Å². The van der Waals surface area contributed by atoms with Crippen LogP contribution in [0, 0.1) is 17.8 Å². The molecular weight excluding hydrogens is 396 g/mol. The number of piperidine rings is 1. The lowest BCUT2D eigenvalue weighted by atomic mass is 9.99. The molecule has 0 atom stereocenters. The monoisotopic (exact) mass is 426 g/mol. The Labute approximate surface area is 190 Å². The van der Waals surface area contributed by atoms with Crippen molar-refractivity contribution in [2.75, 3.05) is 26.7 Å². The van der Waals surface area contributed by atoms with E-state index in [0.29, 0.717) is 18.1 Å². The molecule has 1 aliphatic rings. The van der Waals surface area contributed by atoms with E-state index in [1.165, 1.54) is 31.5 Å². The van der Waals surface area contributed by atoms with Crippen molar-refractivity contribution in [3.63, 3.8) is 0 Å². The Hall–Kier alpha value is -3.23. The third kappa shape index (κ3) is 5.93. The second-order valence-corrected chi connectivity index (χ2v) is 8.38. The number of hydrogen-bond donors (Lipinski definition) is 0. The van der Waals surface area contributed by atoms with Crippen LogP contribution in [0.15, 0.2) is 54.9 Å². The fourth-order valence-electron chi connectivity index (χ4n) is 3.88. The smallest absolute Gasteiger partial charge is 0.212 e. The van der Waals surface area contributed by atoms with Crippen LogP contribution in [-0.2, 0) is 6.42 Å². The lowest BCUT2D eigenvalue weighted by molar-refractivity contribution is 0.196. The molecule has 0 spiro atoms. The van der Waals surface area contributed by atoms with Crippen LogP contribution in [0.25, 0.3) is 11.4 Å². The van der Waals surface area contributed by atoms with Crippen molar-refractivity contribution in [1.82, 2.24) is 19.9 Å². The molecule has 0 radical (unpaired) electrons. The first-order valence-electron chi connectivity index (χ1n) is 11.3. The maximum atomic E-state index is 5.16. The summed E-state index contributed by atoms with van der Waals surface area (Å²) in [5, 5.41) is 0. The van der Waals surface area contributed by atoms with Crippen LogP contribution < -0.4 is 4.74 Å². The Morgan fingerprint density at radius 3 is 2.56 bits per heavy atom. The van der Waals surface area contributed by atoms with Gasteiger partial charge in [-0.3, -0.25) is 0 Å². The van der Waals surface area contributed by atoms with Gasteiger partial charge in [0, 0.05) is 43.4 Å². The van der Waals surface area contributed by atoms with Gasteiger partial charge in [-0.1, -0.05) is 49.1 Å². The molecule has 32 heavy (non-hydrogen) atoms. The van der Waals surface area contributed by atoms with Gasteiger partial charge in [0.25, 0.3) is 0 Å². The van der Waals surface area contributed by atoms with Crippen LogP contribution in [0.3, 0.4) is 0 Å². The second-order valence-electron chi connectivity index (χ2n) is 8.38. The molecule has 4 rings (SSSR count). The molecule has 1 aliphatic heterocycles. The van der Waals surface area contributed by atoms with Crippen molar-refractivity contribution >= 4 is 0 Å². The van der Waals surface area contributed by atoms with E-state index < -0.39 is 0 Å². The highest BCUT2D eigenvalue weighted by molar-refractivity contribution is 5.55. The molecule has 164 valence electrons. The van der Waals surface area contributed by atoms with Gasteiger partial charge >= 0.3 is 0 Å². The summed E-state index contributed by atoms with van der Waals surface area (Å²) >= 11 is 0. The molecular formula is C27H30N4O. The zero-order chi connectivity index (χ0) is 22.2. The van der Waals surface area contributed by atoms with Crippen LogP contribution in [0.4, 0.5) is 0 Å². The SMILES string of the molecule is COc1ccc(-c2ncc(C#CCCN3CCC(C)CC3)c(Cc3ccccc3)n2)cn1. The lowest BCUT2D eigenvalue weighted by Gasteiger charge is -2.29. The van der Waals surface area contributed by atoms with Crippen molar-refractivity contribution in [2.24, 2.45) is 5.92 Å². The molecule has 0 amide bonds. The van der Waals surface area contributed by atoms with Crippen molar-refractivity contribution < 1.29 is 4.74 Å². The minimum absolute atomic E-state index is 0.573. The topological polar surface area (TPSA) is 51.1 Å². The standard InChI is InChI=1S/C27H30N4O/c1-21-13-16-31(17-14-21)15-7-6-10-23-19-29-27(24-11-12-26(32-2)28-20-24)30-25(23)18-22-8-4-3-5-9-22/h3-5,8-9,11-12,19-21H,7,13-18H2,1-2H3. The summed E-state index contributed by atoms with van der Waals surface area (Å²) in [6, 6.07) is 14.1. The first kappa shape index (κ1) is 22.0. The van der Waals surface area contributed by atoms with E-state index in [2.05, 4.69) is 57.9 Å². The number of aromatic nitrogens is 3. The molecule has 1 fully saturated rings. The zero-order valence-electron chi connectivity index (χ0n) is 18.9. The number of nitrogens with zero attached hydrogens (tertiary/aromatic N) is 4. The van der Waals surface area contributed by atoms with E-state index in [0.717, 1.165) is 35.7 Å². The highest BCUT2D eigenvalue weighted by Gasteiger charge is 2.14. The lowest BCUT2D eigenvalue weighted by Crippen LogP contribution is -2.33. The molecule has 5 heteroatoms. The summed E-state index contributed by atoms with van der Waals surface area (Å²) in [5.41, 5.74) is 3.90. The Balaban J connectivity index is 1.52. The molecule has 3 heterocycles. The summed E-state index contributed by atoms with van der Waals surface area (Å²) in [6.45, 7) is 5.76. The van der Waals surface area contributed by atoms with E-state index in [-0.39, 0.29) is 0 Å². The number of pyridine rings is 1. The number of likely N-dealkylation sites (tertiary alicyclic amines) is 1. The average Bonchev–Trinajstić information content (AvgIpc) is 2.84. The summed E-state index contributed by atoms with van der Waals surface area (Å²) in [5.74, 6) is 8.78. The van der Waals surface area contributed by atoms with Crippen LogP contribution in [-0.4, -0.2) is 46.6 Å². The number of benzene rings is 1. The highest BCUT2D eigenvalue weighted by atomic mass is 16.5. The van der Waals surface area contributed by atoms with Crippen LogP contribution in [0.1, 0.15) is 43.0 Å². The fourth-order valence-corrected chi connectivity index (χ4v) is 3.88. The highest BCUT2D eigenvalue weighted by Crippen LogP contribution is 2.20. The number of rotatable bonds is 6. The van der Waals surface area contributed by atoms with Crippen LogP contribution >= 0.6 is 0 Å². The van der Waals surface area contributed by atoms with Crippen molar-refractivity contribution in [2.45, 2.75) is 32.6 Å². The predicted octanol–water partition coefficient (Wildman–Crippen LogP) is 4.61. The second kappa shape index (κ2) is 10.9. The van der Waals surface area contributed by atoms with Gasteiger partial charge in [-0.2, -0.15) is 0 Å². The van der Waals surface area contributed by atoms with E-state index in [1.807, 2.05) is 24.4 Å². The molecule has 0 aliphatic carbocycles. The molecule has 0 saturated carbocycles. The molecule has 1 aromatic carbocycles. The summed E-state index contributed by atoms with van der Waals surface area (Å²) < 4.78 is 5.16. The normalized spacial score (nSPS) is 14.6. The molecule has 0 N–H and O–H groups in total. The predicted molar refractivity (Wildman–Crippen MR) is 127 cm³/mol. The first-order valence-corrected chi connectivity index (χ1v) is 11.3. The molecule has 0 unspecified atom stereocenters. The minimum atomic E-state index is 0.573. The summed E-state index contributed by atoms with van der Waals surface area (Å²) in [7, 11) is 1.61. The van der Waals surface area contributed by atoms with Gasteiger partial charge in [0.05, 0.1) is 18.4 Å². The van der Waals surface area contributed by atoms with Gasteiger partial charge < -0.3 is 9.64 Å². The quantitative estimate of drug-likeness (QED) is 0.539. The maximum Gasteiger partial charge on any atom is 0.212 e. The van der Waals surface area contributed by atoms with Gasteiger partial charge in [-0.15, -0.1) is 0 Å². The zero-order valence-corrected chi connectivity index (χ0v) is 18.9.